The van der Waals surface area contributed by atoms with Crippen LogP contribution in [0, 0.1) is 6.92 Å². The highest BCUT2D eigenvalue weighted by Crippen LogP contribution is 2.25. The van der Waals surface area contributed by atoms with Crippen LogP contribution in [0.1, 0.15) is 18.4 Å². The van der Waals surface area contributed by atoms with Gasteiger partial charge in [0.1, 0.15) is 0 Å². The van der Waals surface area contributed by atoms with Gasteiger partial charge in [-0.1, -0.05) is 6.07 Å². The second kappa shape index (κ2) is 6.43. The third kappa shape index (κ3) is 4.14. The Balaban J connectivity index is 2.37. The molecular formula is C12H18N2OS. The Morgan fingerprint density at radius 1 is 1.50 bits per heavy atom. The molecule has 0 unspecified atom stereocenters. The second-order valence-electron chi connectivity index (χ2n) is 3.65. The number of rotatable bonds is 5. The predicted molar refractivity (Wildman–Crippen MR) is 69.6 cm³/mol. The molecule has 0 aliphatic rings. The maximum Gasteiger partial charge on any atom is 0.219 e. The van der Waals surface area contributed by atoms with Gasteiger partial charge in [-0.15, -0.1) is 11.8 Å². The lowest BCUT2D eigenvalue weighted by Gasteiger charge is -2.06. The van der Waals surface area contributed by atoms with Crippen LogP contribution in [0.15, 0.2) is 23.1 Å². The van der Waals surface area contributed by atoms with Gasteiger partial charge in [-0.3, -0.25) is 4.79 Å². The van der Waals surface area contributed by atoms with Crippen molar-refractivity contribution < 1.29 is 4.79 Å². The first kappa shape index (κ1) is 12.9. The van der Waals surface area contributed by atoms with Gasteiger partial charge in [-0.25, -0.2) is 0 Å². The molecule has 0 aromatic heterocycles. The lowest BCUT2D eigenvalue weighted by Crippen LogP contribution is -2.17. The minimum absolute atomic E-state index is 0.102. The van der Waals surface area contributed by atoms with E-state index in [4.69, 9.17) is 5.73 Å². The highest BCUT2D eigenvalue weighted by Gasteiger charge is 2.01. The van der Waals surface area contributed by atoms with E-state index in [0.29, 0.717) is 6.42 Å². The molecule has 0 atom stereocenters. The van der Waals surface area contributed by atoms with Crippen molar-refractivity contribution in [1.29, 1.82) is 0 Å². The summed E-state index contributed by atoms with van der Waals surface area (Å²) in [5.41, 5.74) is 7.75. The molecule has 0 heterocycles. The molecular weight excluding hydrogens is 220 g/mol. The molecule has 0 bridgehead atoms. The largest absolute Gasteiger partial charge is 0.399 e. The molecule has 1 aromatic rings. The number of anilines is 1. The molecule has 4 heteroatoms. The molecule has 0 saturated heterocycles. The Morgan fingerprint density at radius 2 is 2.25 bits per heavy atom. The number of benzene rings is 1. The molecule has 0 saturated carbocycles. The summed E-state index contributed by atoms with van der Waals surface area (Å²) in [6.07, 6.45) is 1.48. The Morgan fingerprint density at radius 3 is 2.94 bits per heavy atom. The molecule has 1 aromatic carbocycles. The standard InChI is InChI=1S/C12H18N2OS/c1-9-5-6-10(13)8-11(9)16-7-3-4-12(15)14-2/h5-6,8H,3-4,7,13H2,1-2H3,(H,14,15). The van der Waals surface area contributed by atoms with E-state index < -0.39 is 0 Å². The summed E-state index contributed by atoms with van der Waals surface area (Å²) in [5.74, 6) is 1.04. The van der Waals surface area contributed by atoms with Crippen molar-refractivity contribution in [3.05, 3.63) is 23.8 Å². The number of amides is 1. The van der Waals surface area contributed by atoms with E-state index in [9.17, 15) is 4.79 Å². The van der Waals surface area contributed by atoms with Crippen molar-refractivity contribution in [2.45, 2.75) is 24.7 Å². The summed E-state index contributed by atoms with van der Waals surface area (Å²) in [4.78, 5) is 12.2. The lowest BCUT2D eigenvalue weighted by atomic mass is 10.2. The first-order valence-electron chi connectivity index (χ1n) is 5.33. The molecule has 3 nitrogen and oxygen atoms in total. The fraction of sp³-hybridized carbons (Fsp3) is 0.417. The molecule has 0 fully saturated rings. The van der Waals surface area contributed by atoms with Crippen LogP contribution in [-0.2, 0) is 4.79 Å². The molecule has 88 valence electrons. The number of nitrogens with one attached hydrogen (secondary N) is 1. The van der Waals surface area contributed by atoms with Crippen LogP contribution in [0.5, 0.6) is 0 Å². The zero-order valence-corrected chi connectivity index (χ0v) is 10.6. The van der Waals surface area contributed by atoms with Crippen LogP contribution in [-0.4, -0.2) is 18.7 Å². The van der Waals surface area contributed by atoms with Crippen molar-refractivity contribution in [2.24, 2.45) is 0 Å². The summed E-state index contributed by atoms with van der Waals surface area (Å²) in [6.45, 7) is 2.07. The number of thioether (sulfide) groups is 1. The Kier molecular flexibility index (Phi) is 5.19. The molecule has 0 aliphatic carbocycles. The van der Waals surface area contributed by atoms with Crippen LogP contribution in [0.4, 0.5) is 5.69 Å². The third-order valence-electron chi connectivity index (χ3n) is 2.30. The summed E-state index contributed by atoms with van der Waals surface area (Å²) in [5, 5.41) is 2.62. The molecule has 0 spiro atoms. The van der Waals surface area contributed by atoms with E-state index in [1.54, 1.807) is 18.8 Å². The number of hydrogen-bond donors (Lipinski definition) is 2. The Labute approximate surface area is 101 Å². The molecule has 16 heavy (non-hydrogen) atoms. The fourth-order valence-electron chi connectivity index (χ4n) is 1.31. The number of carbonyl (C=O) groups is 1. The third-order valence-corrected chi connectivity index (χ3v) is 3.54. The van der Waals surface area contributed by atoms with E-state index in [0.717, 1.165) is 17.9 Å². The van der Waals surface area contributed by atoms with Gasteiger partial charge < -0.3 is 11.1 Å². The van der Waals surface area contributed by atoms with Gasteiger partial charge in [0.2, 0.25) is 5.91 Å². The number of aryl methyl sites for hydroxylation is 1. The quantitative estimate of drug-likeness (QED) is 0.470. The Hall–Kier alpha value is -1.16. The van der Waals surface area contributed by atoms with Gasteiger partial charge in [-0.2, -0.15) is 0 Å². The molecule has 3 N–H and O–H groups in total. The van der Waals surface area contributed by atoms with Gasteiger partial charge in [-0.05, 0) is 36.8 Å². The van der Waals surface area contributed by atoms with Crippen LogP contribution >= 0.6 is 11.8 Å². The van der Waals surface area contributed by atoms with E-state index in [2.05, 4.69) is 12.2 Å². The smallest absolute Gasteiger partial charge is 0.219 e. The summed E-state index contributed by atoms with van der Waals surface area (Å²) in [6, 6.07) is 5.92. The second-order valence-corrected chi connectivity index (χ2v) is 4.79. The lowest BCUT2D eigenvalue weighted by molar-refractivity contribution is -0.120. The molecule has 1 amide bonds. The fourth-order valence-corrected chi connectivity index (χ4v) is 2.34. The highest BCUT2D eigenvalue weighted by atomic mass is 32.2. The highest BCUT2D eigenvalue weighted by molar-refractivity contribution is 7.99. The average molecular weight is 238 g/mol. The first-order chi connectivity index (χ1) is 7.63. The van der Waals surface area contributed by atoms with E-state index in [1.165, 1.54) is 10.5 Å². The predicted octanol–water partition coefficient (Wildman–Crippen LogP) is 2.20. The van der Waals surface area contributed by atoms with Gasteiger partial charge in [0.15, 0.2) is 0 Å². The number of nitrogens with two attached hydrogens (primary N) is 1. The summed E-state index contributed by atoms with van der Waals surface area (Å²) >= 11 is 1.75. The monoisotopic (exact) mass is 238 g/mol. The molecule has 0 aliphatic heterocycles. The van der Waals surface area contributed by atoms with Crippen molar-refractivity contribution in [2.75, 3.05) is 18.5 Å². The number of hydrogen-bond acceptors (Lipinski definition) is 3. The van der Waals surface area contributed by atoms with Crippen LogP contribution < -0.4 is 11.1 Å². The Bertz CT molecular complexity index is 366. The van der Waals surface area contributed by atoms with Crippen molar-refractivity contribution in [1.82, 2.24) is 5.32 Å². The maximum absolute atomic E-state index is 11.0. The minimum atomic E-state index is 0.102. The van der Waals surface area contributed by atoms with Crippen molar-refractivity contribution in [3.63, 3.8) is 0 Å². The van der Waals surface area contributed by atoms with Crippen LogP contribution in [0.25, 0.3) is 0 Å². The van der Waals surface area contributed by atoms with Gasteiger partial charge in [0, 0.05) is 24.1 Å². The minimum Gasteiger partial charge on any atom is -0.399 e. The average Bonchev–Trinajstić information content (AvgIpc) is 2.28. The van der Waals surface area contributed by atoms with Crippen LogP contribution in [0.2, 0.25) is 0 Å². The zero-order valence-electron chi connectivity index (χ0n) is 9.75. The van der Waals surface area contributed by atoms with Gasteiger partial charge in [0.25, 0.3) is 0 Å². The van der Waals surface area contributed by atoms with Crippen LogP contribution in [0.3, 0.4) is 0 Å². The van der Waals surface area contributed by atoms with E-state index in [1.807, 2.05) is 18.2 Å². The number of carbonyl (C=O) groups excluding carboxylic acids is 1. The van der Waals surface area contributed by atoms with Gasteiger partial charge in [0.05, 0.1) is 0 Å². The van der Waals surface area contributed by atoms with Crippen molar-refractivity contribution >= 4 is 23.4 Å². The maximum atomic E-state index is 11.0. The zero-order chi connectivity index (χ0) is 12.0. The normalized spacial score (nSPS) is 10.1. The topological polar surface area (TPSA) is 55.1 Å². The SMILES string of the molecule is CNC(=O)CCCSc1cc(N)ccc1C. The van der Waals surface area contributed by atoms with Gasteiger partial charge >= 0.3 is 0 Å². The first-order valence-corrected chi connectivity index (χ1v) is 6.31. The summed E-state index contributed by atoms with van der Waals surface area (Å²) < 4.78 is 0. The molecule has 1 rings (SSSR count). The number of nitrogen functional groups attached to an aromatic ring is 1. The van der Waals surface area contributed by atoms with Crippen molar-refractivity contribution in [3.8, 4) is 0 Å². The molecule has 0 radical (unpaired) electrons. The van der Waals surface area contributed by atoms with E-state index in [-0.39, 0.29) is 5.91 Å². The summed E-state index contributed by atoms with van der Waals surface area (Å²) in [7, 11) is 1.66. The van der Waals surface area contributed by atoms with E-state index >= 15 is 0 Å².